The zero-order chi connectivity index (χ0) is 14.5. The summed E-state index contributed by atoms with van der Waals surface area (Å²) < 4.78 is 4.16. The highest BCUT2D eigenvalue weighted by atomic mass is 15.4. The lowest BCUT2D eigenvalue weighted by Crippen LogP contribution is -2.33. The second kappa shape index (κ2) is 4.48. The van der Waals surface area contributed by atoms with Gasteiger partial charge in [0.15, 0.2) is 0 Å². The minimum atomic E-state index is 1.03. The van der Waals surface area contributed by atoms with Gasteiger partial charge in [-0.15, -0.1) is 4.68 Å². The van der Waals surface area contributed by atoms with Gasteiger partial charge in [0.05, 0.1) is 19.7 Å². The van der Waals surface area contributed by atoms with Gasteiger partial charge in [-0.1, -0.05) is 0 Å². The molecule has 3 nitrogen and oxygen atoms in total. The van der Waals surface area contributed by atoms with E-state index in [2.05, 4.69) is 51.3 Å². The Morgan fingerprint density at radius 1 is 0.789 bits per heavy atom. The third-order valence-electron chi connectivity index (χ3n) is 4.63. The smallest absolute Gasteiger partial charge is 0.231 e. The summed E-state index contributed by atoms with van der Waals surface area (Å²) >= 11 is 0. The molecule has 2 rings (SSSR count). The molecule has 0 saturated carbocycles. The summed E-state index contributed by atoms with van der Waals surface area (Å²) in [6, 6.07) is 0. The Kier molecular flexibility index (Phi) is 3.25. The molecular formula is C16H24N3+. The van der Waals surface area contributed by atoms with Crippen molar-refractivity contribution in [2.75, 3.05) is 0 Å². The molecule has 1 aromatic heterocycles. The molecule has 0 N–H and O–H groups in total. The van der Waals surface area contributed by atoms with Gasteiger partial charge in [-0.25, -0.2) is 4.57 Å². The van der Waals surface area contributed by atoms with Crippen molar-refractivity contribution >= 4 is 0 Å². The topological polar surface area (TPSA) is 21.7 Å². The third kappa shape index (κ3) is 1.88. The molecule has 0 spiro atoms. The zero-order valence-electron chi connectivity index (χ0n) is 13.3. The number of nitrogens with zero attached hydrogens (tertiary/aromatic N) is 3. The Bertz CT molecular complexity index is 634. The molecule has 19 heavy (non-hydrogen) atoms. The molecule has 0 saturated heterocycles. The molecule has 1 aromatic carbocycles. The molecule has 3 heteroatoms. The number of hydrogen-bond donors (Lipinski definition) is 0. The van der Waals surface area contributed by atoms with Crippen molar-refractivity contribution in [2.45, 2.75) is 41.5 Å². The van der Waals surface area contributed by atoms with Crippen molar-refractivity contribution in [2.24, 2.45) is 14.1 Å². The highest BCUT2D eigenvalue weighted by molar-refractivity contribution is 5.68. The molecule has 0 atom stereocenters. The van der Waals surface area contributed by atoms with E-state index in [9.17, 15) is 0 Å². The second-order valence-corrected chi connectivity index (χ2v) is 5.55. The number of hydrogen-bond acceptors (Lipinski definition) is 1. The second-order valence-electron chi connectivity index (χ2n) is 5.55. The van der Waals surface area contributed by atoms with E-state index < -0.39 is 0 Å². The van der Waals surface area contributed by atoms with Gasteiger partial charge in [-0.05, 0) is 62.4 Å². The van der Waals surface area contributed by atoms with Crippen LogP contribution in [0.2, 0.25) is 0 Å². The van der Waals surface area contributed by atoms with Gasteiger partial charge in [0.25, 0.3) is 11.6 Å². The SMILES string of the molecule is Cc1c(C)c(C)c(-c2n(C)nc(C)[n+]2C)c(C)c1C. The predicted octanol–water partition coefficient (Wildman–Crippen LogP) is 2.76. The van der Waals surface area contributed by atoms with Crippen LogP contribution in [0.4, 0.5) is 0 Å². The van der Waals surface area contributed by atoms with Gasteiger partial charge in [0.2, 0.25) is 0 Å². The molecule has 0 aliphatic heterocycles. The van der Waals surface area contributed by atoms with E-state index in [0.717, 1.165) is 5.82 Å². The van der Waals surface area contributed by atoms with E-state index in [0.29, 0.717) is 0 Å². The minimum Gasteiger partial charge on any atom is -0.231 e. The summed E-state index contributed by atoms with van der Waals surface area (Å²) in [6.07, 6.45) is 0. The lowest BCUT2D eigenvalue weighted by atomic mass is 9.89. The van der Waals surface area contributed by atoms with Crippen molar-refractivity contribution in [1.29, 1.82) is 0 Å². The number of aryl methyl sites for hydroxylation is 2. The van der Waals surface area contributed by atoms with Gasteiger partial charge in [-0.2, -0.15) is 0 Å². The molecule has 2 aromatic rings. The summed E-state index contributed by atoms with van der Waals surface area (Å²) in [6.45, 7) is 13.1. The van der Waals surface area contributed by atoms with Crippen molar-refractivity contribution in [1.82, 2.24) is 9.78 Å². The van der Waals surface area contributed by atoms with Crippen LogP contribution in [-0.4, -0.2) is 9.78 Å². The van der Waals surface area contributed by atoms with Crippen LogP contribution < -0.4 is 4.57 Å². The molecule has 0 unspecified atom stereocenters. The van der Waals surface area contributed by atoms with Crippen molar-refractivity contribution in [3.63, 3.8) is 0 Å². The minimum absolute atomic E-state index is 1.03. The fourth-order valence-electron chi connectivity index (χ4n) is 2.87. The van der Waals surface area contributed by atoms with Crippen LogP contribution in [0.1, 0.15) is 33.6 Å². The van der Waals surface area contributed by atoms with Crippen LogP contribution >= 0.6 is 0 Å². The summed E-state index contributed by atoms with van der Waals surface area (Å²) in [5.41, 5.74) is 8.22. The summed E-state index contributed by atoms with van der Waals surface area (Å²) in [5.74, 6) is 2.21. The van der Waals surface area contributed by atoms with Crippen LogP contribution in [-0.2, 0) is 14.1 Å². The first-order valence-corrected chi connectivity index (χ1v) is 6.74. The van der Waals surface area contributed by atoms with Crippen molar-refractivity contribution in [3.8, 4) is 11.4 Å². The van der Waals surface area contributed by atoms with Crippen LogP contribution in [0.15, 0.2) is 0 Å². The quantitative estimate of drug-likeness (QED) is 0.721. The van der Waals surface area contributed by atoms with Gasteiger partial charge in [0.1, 0.15) is 0 Å². The van der Waals surface area contributed by atoms with Crippen molar-refractivity contribution in [3.05, 3.63) is 33.6 Å². The maximum absolute atomic E-state index is 4.53. The van der Waals surface area contributed by atoms with E-state index in [-0.39, 0.29) is 0 Å². The first-order chi connectivity index (χ1) is 8.77. The number of benzene rings is 1. The molecule has 1 heterocycles. The van der Waals surface area contributed by atoms with Crippen LogP contribution in [0, 0.1) is 41.5 Å². The normalized spacial score (nSPS) is 11.2. The number of aromatic nitrogens is 3. The molecule has 102 valence electrons. The summed E-state index contributed by atoms with van der Waals surface area (Å²) in [7, 11) is 4.10. The predicted molar refractivity (Wildman–Crippen MR) is 78.2 cm³/mol. The van der Waals surface area contributed by atoms with E-state index in [4.69, 9.17) is 0 Å². The van der Waals surface area contributed by atoms with Gasteiger partial charge < -0.3 is 0 Å². The van der Waals surface area contributed by atoms with Crippen LogP contribution in [0.5, 0.6) is 0 Å². The molecule has 0 fully saturated rings. The standard InChI is InChI=1S/C16H24N3/c1-9-10(2)12(4)15(13(5)11(9)3)16-18(7)14(6)17-19(16)8/h1-8H3/q+1. The van der Waals surface area contributed by atoms with E-state index >= 15 is 0 Å². The first-order valence-electron chi connectivity index (χ1n) is 6.74. The van der Waals surface area contributed by atoms with Crippen LogP contribution in [0.25, 0.3) is 11.4 Å². The van der Waals surface area contributed by atoms with Gasteiger partial charge in [0, 0.05) is 12.0 Å². The van der Waals surface area contributed by atoms with Crippen molar-refractivity contribution < 1.29 is 4.57 Å². The maximum atomic E-state index is 4.53. The van der Waals surface area contributed by atoms with E-state index in [1.165, 1.54) is 39.2 Å². The average Bonchev–Trinajstić information content (AvgIpc) is 2.61. The third-order valence-corrected chi connectivity index (χ3v) is 4.63. The molecule has 0 aliphatic rings. The Morgan fingerprint density at radius 3 is 1.58 bits per heavy atom. The Morgan fingerprint density at radius 2 is 1.21 bits per heavy atom. The fourth-order valence-corrected chi connectivity index (χ4v) is 2.87. The molecule has 0 amide bonds. The molecule has 0 bridgehead atoms. The highest BCUT2D eigenvalue weighted by Gasteiger charge is 2.25. The largest absolute Gasteiger partial charge is 0.274 e. The summed E-state index contributed by atoms with van der Waals surface area (Å²) in [5, 5.41) is 4.53. The lowest BCUT2D eigenvalue weighted by molar-refractivity contribution is -0.667. The lowest BCUT2D eigenvalue weighted by Gasteiger charge is -2.17. The monoisotopic (exact) mass is 258 g/mol. The fraction of sp³-hybridized carbons (Fsp3) is 0.500. The molecular weight excluding hydrogens is 234 g/mol. The average molecular weight is 258 g/mol. The first kappa shape index (κ1) is 13.8. The number of rotatable bonds is 1. The summed E-state index contributed by atoms with van der Waals surface area (Å²) in [4.78, 5) is 0. The van der Waals surface area contributed by atoms with Crippen LogP contribution in [0.3, 0.4) is 0 Å². The van der Waals surface area contributed by atoms with Gasteiger partial charge >= 0.3 is 0 Å². The van der Waals surface area contributed by atoms with E-state index in [1.807, 2.05) is 18.7 Å². The zero-order valence-corrected chi connectivity index (χ0v) is 13.3. The van der Waals surface area contributed by atoms with Gasteiger partial charge in [-0.3, -0.25) is 0 Å². The Hall–Kier alpha value is -1.64. The maximum Gasteiger partial charge on any atom is 0.274 e. The molecule has 0 aliphatic carbocycles. The Labute approximate surface area is 115 Å². The van der Waals surface area contributed by atoms with E-state index in [1.54, 1.807) is 0 Å². The highest BCUT2D eigenvalue weighted by Crippen LogP contribution is 2.32. The molecule has 0 radical (unpaired) electrons. The Balaban J connectivity index is 2.91.